The summed E-state index contributed by atoms with van der Waals surface area (Å²) in [6, 6.07) is 11.5. The van der Waals surface area contributed by atoms with Crippen LogP contribution in [0.1, 0.15) is 0 Å². The van der Waals surface area contributed by atoms with Crippen LogP contribution in [0.2, 0.25) is 10.0 Å². The van der Waals surface area contributed by atoms with Crippen molar-refractivity contribution in [2.75, 3.05) is 5.73 Å². The zero-order valence-corrected chi connectivity index (χ0v) is 12.6. The topological polar surface area (TPSA) is 69.4 Å². The molecule has 0 heterocycles. The van der Waals surface area contributed by atoms with E-state index in [0.29, 0.717) is 27.1 Å². The number of hydrogen-bond acceptors (Lipinski definition) is 4. The van der Waals surface area contributed by atoms with E-state index >= 15 is 0 Å². The van der Waals surface area contributed by atoms with E-state index in [1.165, 1.54) is 0 Å². The van der Waals surface area contributed by atoms with Crippen LogP contribution in [0.4, 0.5) is 5.69 Å². The zero-order valence-electron chi connectivity index (χ0n) is 11.1. The fourth-order valence-electron chi connectivity index (χ4n) is 2.09. The van der Waals surface area contributed by atoms with Gasteiger partial charge in [-0.2, -0.15) is 0 Å². The van der Waals surface area contributed by atoms with Crippen molar-refractivity contribution >= 4 is 28.9 Å². The smallest absolute Gasteiger partial charge is 0.249 e. The highest BCUT2D eigenvalue weighted by molar-refractivity contribution is 6.31. The lowest BCUT2D eigenvalue weighted by Crippen LogP contribution is -2.35. The molecule has 110 valence electrons. The lowest BCUT2D eigenvalue weighted by molar-refractivity contribution is 0.484. The molecule has 0 spiro atoms. The van der Waals surface area contributed by atoms with E-state index < -0.39 is 10.9 Å². The summed E-state index contributed by atoms with van der Waals surface area (Å²) in [5.74, 6) is 0.860. The third-order valence-electron chi connectivity index (χ3n) is 3.20. The molecule has 0 aliphatic heterocycles. The Morgan fingerprint density at radius 1 is 0.864 bits per heavy atom. The third-order valence-corrected chi connectivity index (χ3v) is 3.69. The van der Waals surface area contributed by atoms with Crippen LogP contribution in [0.15, 0.2) is 52.1 Å². The molecule has 0 unspecified atom stereocenters. The van der Waals surface area contributed by atoms with Gasteiger partial charge in [0.15, 0.2) is 0 Å². The molecule has 0 aromatic heterocycles. The van der Waals surface area contributed by atoms with Crippen molar-refractivity contribution in [1.82, 2.24) is 0 Å². The quantitative estimate of drug-likeness (QED) is 0.743. The molecule has 0 atom stereocenters. The van der Waals surface area contributed by atoms with E-state index in [-0.39, 0.29) is 11.3 Å². The Balaban J connectivity index is 2.07. The number of benzene rings is 2. The molecule has 0 saturated carbocycles. The van der Waals surface area contributed by atoms with E-state index in [4.69, 9.17) is 33.7 Å². The maximum atomic E-state index is 11.7. The van der Waals surface area contributed by atoms with Crippen LogP contribution < -0.4 is 21.3 Å². The number of hydrogen-bond donors (Lipinski definition) is 1. The standard InChI is InChI=1S/C16H9Cl2NO3/c17-8-1-4-10(5-2-8)22-12-7-9(18)3-6-11(12)13-14(19)16(21)15(13)20/h1-7H,19H2. The zero-order chi connectivity index (χ0) is 15.9. The second-order valence-corrected chi connectivity index (χ2v) is 5.52. The Labute approximate surface area is 135 Å². The monoisotopic (exact) mass is 333 g/mol. The largest absolute Gasteiger partial charge is 0.457 e. The summed E-state index contributed by atoms with van der Waals surface area (Å²) in [4.78, 5) is 23.0. The molecule has 3 aromatic rings. The van der Waals surface area contributed by atoms with Gasteiger partial charge < -0.3 is 10.5 Å². The fourth-order valence-corrected chi connectivity index (χ4v) is 2.38. The van der Waals surface area contributed by atoms with Gasteiger partial charge in [-0.05, 0) is 36.4 Å². The van der Waals surface area contributed by atoms with Crippen molar-refractivity contribution in [2.45, 2.75) is 0 Å². The summed E-state index contributed by atoms with van der Waals surface area (Å²) >= 11 is 11.8. The van der Waals surface area contributed by atoms with Gasteiger partial charge in [-0.3, -0.25) is 9.59 Å². The normalized spacial score (nSPS) is 10.8. The number of nitrogen functional groups attached to an aromatic ring is 1. The SMILES string of the molecule is Nc1c(-c2ccc(Cl)cc2Oc2ccc(Cl)cc2)c(=O)c1=O. The van der Waals surface area contributed by atoms with Crippen LogP contribution in [0.25, 0.3) is 11.1 Å². The molecular weight excluding hydrogens is 325 g/mol. The summed E-state index contributed by atoms with van der Waals surface area (Å²) in [7, 11) is 0. The highest BCUT2D eigenvalue weighted by Gasteiger charge is 2.23. The van der Waals surface area contributed by atoms with Crippen molar-refractivity contribution in [1.29, 1.82) is 0 Å². The maximum absolute atomic E-state index is 11.7. The highest BCUT2D eigenvalue weighted by atomic mass is 35.5. The average Bonchev–Trinajstić information content (AvgIpc) is 2.51. The Bertz CT molecular complexity index is 926. The van der Waals surface area contributed by atoms with Crippen LogP contribution in [0.3, 0.4) is 0 Å². The van der Waals surface area contributed by atoms with E-state index in [0.717, 1.165) is 0 Å². The van der Waals surface area contributed by atoms with E-state index in [2.05, 4.69) is 0 Å². The van der Waals surface area contributed by atoms with Gasteiger partial charge in [-0.25, -0.2) is 0 Å². The Kier molecular flexibility index (Phi) is 3.64. The molecule has 0 amide bonds. The third kappa shape index (κ3) is 2.47. The molecule has 0 bridgehead atoms. The predicted molar refractivity (Wildman–Crippen MR) is 87.7 cm³/mol. The van der Waals surface area contributed by atoms with Crippen molar-refractivity contribution in [3.63, 3.8) is 0 Å². The van der Waals surface area contributed by atoms with Crippen LogP contribution in [0.5, 0.6) is 11.5 Å². The van der Waals surface area contributed by atoms with Crippen LogP contribution in [-0.2, 0) is 0 Å². The summed E-state index contributed by atoms with van der Waals surface area (Å²) in [6.45, 7) is 0. The first-order valence-electron chi connectivity index (χ1n) is 6.29. The van der Waals surface area contributed by atoms with Crippen molar-refractivity contribution in [3.8, 4) is 22.6 Å². The summed E-state index contributed by atoms with van der Waals surface area (Å²) in [5.41, 5.74) is 4.84. The van der Waals surface area contributed by atoms with Crippen LogP contribution in [0, 0.1) is 0 Å². The maximum Gasteiger partial charge on any atom is 0.249 e. The molecule has 6 heteroatoms. The van der Waals surface area contributed by atoms with E-state index in [9.17, 15) is 9.59 Å². The molecule has 0 fully saturated rings. The minimum Gasteiger partial charge on any atom is -0.457 e. The van der Waals surface area contributed by atoms with Gasteiger partial charge in [0.2, 0.25) is 10.9 Å². The van der Waals surface area contributed by atoms with Gasteiger partial charge in [0, 0.05) is 21.7 Å². The minimum atomic E-state index is -0.678. The molecule has 0 aliphatic rings. The second-order valence-electron chi connectivity index (χ2n) is 4.64. The first-order valence-corrected chi connectivity index (χ1v) is 7.05. The van der Waals surface area contributed by atoms with Gasteiger partial charge in [0.1, 0.15) is 11.5 Å². The average molecular weight is 334 g/mol. The van der Waals surface area contributed by atoms with Crippen LogP contribution in [-0.4, -0.2) is 0 Å². The minimum absolute atomic E-state index is 0.0618. The molecule has 0 radical (unpaired) electrons. The van der Waals surface area contributed by atoms with Gasteiger partial charge in [0.05, 0.1) is 11.3 Å². The summed E-state index contributed by atoms with van der Waals surface area (Å²) in [5, 5.41) is 1.01. The van der Waals surface area contributed by atoms with Gasteiger partial charge in [-0.1, -0.05) is 23.2 Å². The second kappa shape index (κ2) is 5.48. The summed E-state index contributed by atoms with van der Waals surface area (Å²) in [6.07, 6.45) is 0. The Morgan fingerprint density at radius 3 is 2.14 bits per heavy atom. The molecular formula is C16H9Cl2NO3. The molecule has 0 aliphatic carbocycles. The molecule has 3 aromatic carbocycles. The molecule has 4 nitrogen and oxygen atoms in total. The predicted octanol–water partition coefficient (Wildman–Crippen LogP) is 3.63. The number of halogens is 2. The fraction of sp³-hybridized carbons (Fsp3) is 0. The lowest BCUT2D eigenvalue weighted by atomic mass is 9.98. The molecule has 0 saturated heterocycles. The Hall–Kier alpha value is -2.30. The molecule has 2 N–H and O–H groups in total. The number of nitrogens with two attached hydrogens (primary N) is 1. The van der Waals surface area contributed by atoms with Gasteiger partial charge in [-0.15, -0.1) is 0 Å². The highest BCUT2D eigenvalue weighted by Crippen LogP contribution is 2.36. The van der Waals surface area contributed by atoms with Gasteiger partial charge in [0.25, 0.3) is 0 Å². The van der Waals surface area contributed by atoms with Crippen LogP contribution >= 0.6 is 23.2 Å². The van der Waals surface area contributed by atoms with E-state index in [1.54, 1.807) is 42.5 Å². The lowest BCUT2D eigenvalue weighted by Gasteiger charge is -2.14. The molecule has 3 rings (SSSR count). The number of ether oxygens (including phenoxy) is 1. The van der Waals surface area contributed by atoms with Crippen molar-refractivity contribution in [3.05, 3.63) is 73.0 Å². The first-order chi connectivity index (χ1) is 10.5. The van der Waals surface area contributed by atoms with Gasteiger partial charge >= 0.3 is 0 Å². The summed E-state index contributed by atoms with van der Waals surface area (Å²) < 4.78 is 5.74. The number of rotatable bonds is 3. The Morgan fingerprint density at radius 2 is 1.50 bits per heavy atom. The van der Waals surface area contributed by atoms with E-state index in [1.807, 2.05) is 0 Å². The number of anilines is 1. The van der Waals surface area contributed by atoms with Crippen molar-refractivity contribution in [2.24, 2.45) is 0 Å². The first kappa shape index (κ1) is 14.6. The van der Waals surface area contributed by atoms with Crippen molar-refractivity contribution < 1.29 is 4.74 Å². The molecule has 22 heavy (non-hydrogen) atoms.